The Labute approximate surface area is 86.1 Å². The zero-order valence-electron chi connectivity index (χ0n) is 7.48. The molecule has 0 atom stereocenters. The maximum absolute atomic E-state index is 10.7. The van der Waals surface area contributed by atoms with Crippen LogP contribution < -0.4 is 0 Å². The molecule has 0 spiro atoms. The van der Waals surface area contributed by atoms with Crippen molar-refractivity contribution in [2.24, 2.45) is 0 Å². The average molecular weight is 225 g/mol. The molecule has 0 saturated carbocycles. The van der Waals surface area contributed by atoms with Crippen molar-refractivity contribution < 1.29 is 13.0 Å². The smallest absolute Gasteiger partial charge is 0.268 e. The highest BCUT2D eigenvalue weighted by Gasteiger charge is 2.10. The first kappa shape index (κ1) is 9.81. The minimum atomic E-state index is -4.30. The predicted molar refractivity (Wildman–Crippen MR) is 52.4 cm³/mol. The summed E-state index contributed by atoms with van der Waals surface area (Å²) in [4.78, 5) is 3.87. The molecule has 0 saturated heterocycles. The highest BCUT2D eigenvalue weighted by Crippen LogP contribution is 2.14. The fourth-order valence-corrected chi connectivity index (χ4v) is 1.51. The summed E-state index contributed by atoms with van der Waals surface area (Å²) in [5, 5.41) is 3.69. The van der Waals surface area contributed by atoms with Crippen molar-refractivity contribution in [1.82, 2.24) is 14.2 Å². The summed E-state index contributed by atoms with van der Waals surface area (Å²) in [5.74, 6) is 0. The standard InChI is InChI=1S/C8H7N3O3S/c12-15(13,14)11-5-3-8(10-11)7-2-1-4-9-6-7/h1-6H,(H,12,13,14). The Morgan fingerprint density at radius 2 is 2.13 bits per heavy atom. The second-order valence-electron chi connectivity index (χ2n) is 2.79. The molecule has 0 amide bonds. The summed E-state index contributed by atoms with van der Waals surface area (Å²) >= 11 is 0. The van der Waals surface area contributed by atoms with Gasteiger partial charge in [-0.2, -0.15) is 13.5 Å². The fraction of sp³-hybridized carbons (Fsp3) is 0. The molecule has 0 aliphatic rings. The van der Waals surface area contributed by atoms with Gasteiger partial charge in [0.05, 0.1) is 5.69 Å². The molecule has 0 bridgehead atoms. The van der Waals surface area contributed by atoms with Gasteiger partial charge in [-0.1, -0.05) is 0 Å². The molecule has 0 fully saturated rings. The van der Waals surface area contributed by atoms with Crippen LogP contribution in [0.15, 0.2) is 36.8 Å². The van der Waals surface area contributed by atoms with Crippen LogP contribution in [0.2, 0.25) is 0 Å². The zero-order valence-corrected chi connectivity index (χ0v) is 8.29. The molecule has 0 aliphatic carbocycles. The van der Waals surface area contributed by atoms with Crippen LogP contribution in [0.4, 0.5) is 0 Å². The molecule has 6 nitrogen and oxygen atoms in total. The van der Waals surface area contributed by atoms with Crippen molar-refractivity contribution in [2.45, 2.75) is 0 Å². The Bertz CT molecular complexity index is 562. The van der Waals surface area contributed by atoms with E-state index in [0.717, 1.165) is 6.20 Å². The van der Waals surface area contributed by atoms with Crippen LogP contribution in [-0.2, 0) is 10.3 Å². The molecule has 0 aromatic carbocycles. The van der Waals surface area contributed by atoms with E-state index >= 15 is 0 Å². The van der Waals surface area contributed by atoms with Crippen molar-refractivity contribution in [3.05, 3.63) is 36.8 Å². The number of hydrogen-bond donors (Lipinski definition) is 1. The molecular formula is C8H7N3O3S. The summed E-state index contributed by atoms with van der Waals surface area (Å²) < 4.78 is 30.6. The van der Waals surface area contributed by atoms with E-state index in [0.29, 0.717) is 15.3 Å². The van der Waals surface area contributed by atoms with Gasteiger partial charge in [0.2, 0.25) is 0 Å². The molecular weight excluding hydrogens is 218 g/mol. The lowest BCUT2D eigenvalue weighted by Gasteiger charge is -1.95. The average Bonchev–Trinajstić information content (AvgIpc) is 2.67. The van der Waals surface area contributed by atoms with E-state index in [4.69, 9.17) is 4.55 Å². The van der Waals surface area contributed by atoms with E-state index in [1.54, 1.807) is 24.5 Å². The van der Waals surface area contributed by atoms with Gasteiger partial charge in [-0.25, -0.2) is 0 Å². The molecule has 0 radical (unpaired) electrons. The van der Waals surface area contributed by atoms with Crippen molar-refractivity contribution in [3.8, 4) is 11.3 Å². The first-order valence-corrected chi connectivity index (χ1v) is 5.41. The third kappa shape index (κ3) is 2.03. The van der Waals surface area contributed by atoms with E-state index in [9.17, 15) is 8.42 Å². The zero-order chi connectivity index (χ0) is 10.9. The quantitative estimate of drug-likeness (QED) is 0.756. The highest BCUT2D eigenvalue weighted by molar-refractivity contribution is 7.84. The van der Waals surface area contributed by atoms with Gasteiger partial charge in [0.25, 0.3) is 0 Å². The Morgan fingerprint density at radius 3 is 2.67 bits per heavy atom. The Hall–Kier alpha value is -1.73. The van der Waals surface area contributed by atoms with Crippen LogP contribution in [-0.4, -0.2) is 27.1 Å². The molecule has 2 heterocycles. The molecule has 7 heteroatoms. The van der Waals surface area contributed by atoms with Gasteiger partial charge < -0.3 is 0 Å². The third-order valence-electron chi connectivity index (χ3n) is 1.76. The van der Waals surface area contributed by atoms with Gasteiger partial charge >= 0.3 is 10.3 Å². The van der Waals surface area contributed by atoms with E-state index in [1.165, 1.54) is 6.07 Å². The van der Waals surface area contributed by atoms with Crippen LogP contribution in [0, 0.1) is 0 Å². The molecule has 78 valence electrons. The lowest BCUT2D eigenvalue weighted by molar-refractivity contribution is 0.466. The summed E-state index contributed by atoms with van der Waals surface area (Å²) in [6.45, 7) is 0. The van der Waals surface area contributed by atoms with E-state index in [-0.39, 0.29) is 0 Å². The largest absolute Gasteiger partial charge is 0.379 e. The van der Waals surface area contributed by atoms with E-state index in [1.807, 2.05) is 0 Å². The highest BCUT2D eigenvalue weighted by atomic mass is 32.2. The van der Waals surface area contributed by atoms with Gasteiger partial charge in [-0.15, -0.1) is 4.09 Å². The van der Waals surface area contributed by atoms with Crippen molar-refractivity contribution >= 4 is 10.3 Å². The number of hydrogen-bond acceptors (Lipinski definition) is 4. The second kappa shape index (κ2) is 3.44. The number of aromatic nitrogens is 3. The number of nitrogens with zero attached hydrogens (tertiary/aromatic N) is 3. The molecule has 2 aromatic heterocycles. The topological polar surface area (TPSA) is 85.1 Å². The maximum atomic E-state index is 10.7. The van der Waals surface area contributed by atoms with Crippen molar-refractivity contribution in [3.63, 3.8) is 0 Å². The second-order valence-corrected chi connectivity index (χ2v) is 4.06. The monoisotopic (exact) mass is 225 g/mol. The fourth-order valence-electron chi connectivity index (χ4n) is 1.10. The Kier molecular flexibility index (Phi) is 2.25. The molecule has 15 heavy (non-hydrogen) atoms. The molecule has 0 aliphatic heterocycles. The minimum absolute atomic E-state index is 0.431. The van der Waals surface area contributed by atoms with Crippen LogP contribution in [0.25, 0.3) is 11.3 Å². The molecule has 0 unspecified atom stereocenters. The SMILES string of the molecule is O=S(=O)(O)n1ccc(-c2cccnc2)n1. The van der Waals surface area contributed by atoms with E-state index < -0.39 is 10.3 Å². The normalized spacial score (nSPS) is 11.5. The number of pyridine rings is 1. The third-order valence-corrected chi connectivity index (χ3v) is 2.44. The number of rotatable bonds is 2. The molecule has 1 N–H and O–H groups in total. The summed E-state index contributed by atoms with van der Waals surface area (Å²) in [6, 6.07) is 4.93. The van der Waals surface area contributed by atoms with Crippen molar-refractivity contribution in [2.75, 3.05) is 0 Å². The Balaban J connectivity index is 2.46. The first-order chi connectivity index (χ1) is 7.07. The minimum Gasteiger partial charge on any atom is -0.268 e. The van der Waals surface area contributed by atoms with Gasteiger partial charge in [0, 0.05) is 24.2 Å². The van der Waals surface area contributed by atoms with Gasteiger partial charge in [-0.3, -0.25) is 9.54 Å². The van der Waals surface area contributed by atoms with Crippen LogP contribution in [0.5, 0.6) is 0 Å². The van der Waals surface area contributed by atoms with E-state index in [2.05, 4.69) is 10.1 Å². The molecule has 2 aromatic rings. The molecule has 2 rings (SSSR count). The van der Waals surface area contributed by atoms with Gasteiger partial charge in [0.1, 0.15) is 0 Å². The van der Waals surface area contributed by atoms with Gasteiger partial charge in [-0.05, 0) is 18.2 Å². The van der Waals surface area contributed by atoms with Crippen molar-refractivity contribution in [1.29, 1.82) is 0 Å². The summed E-state index contributed by atoms with van der Waals surface area (Å²) in [7, 11) is -4.30. The summed E-state index contributed by atoms with van der Waals surface area (Å²) in [6.07, 6.45) is 4.32. The lowest BCUT2D eigenvalue weighted by Crippen LogP contribution is -2.11. The first-order valence-electron chi connectivity index (χ1n) is 4.01. The predicted octanol–water partition coefficient (Wildman–Crippen LogP) is 0.596. The summed E-state index contributed by atoms with van der Waals surface area (Å²) in [5.41, 5.74) is 1.11. The van der Waals surface area contributed by atoms with Crippen LogP contribution >= 0.6 is 0 Å². The Morgan fingerprint density at radius 1 is 1.33 bits per heavy atom. The lowest BCUT2D eigenvalue weighted by atomic mass is 10.2. The van der Waals surface area contributed by atoms with Crippen LogP contribution in [0.1, 0.15) is 0 Å². The van der Waals surface area contributed by atoms with Gasteiger partial charge in [0.15, 0.2) is 0 Å². The maximum Gasteiger partial charge on any atom is 0.379 e. The van der Waals surface area contributed by atoms with Crippen LogP contribution in [0.3, 0.4) is 0 Å².